The number of carbonyl (C=O) groups is 1. The van der Waals surface area contributed by atoms with Crippen LogP contribution in [0.5, 0.6) is 5.75 Å². The van der Waals surface area contributed by atoms with Crippen molar-refractivity contribution < 1.29 is 18.3 Å². The van der Waals surface area contributed by atoms with E-state index in [9.17, 15) is 18.3 Å². The summed E-state index contributed by atoms with van der Waals surface area (Å²) in [6.45, 7) is 0. The van der Waals surface area contributed by atoms with Gasteiger partial charge in [-0.1, -0.05) is 11.6 Å². The number of halogens is 1. The quantitative estimate of drug-likeness (QED) is 0.636. The molecule has 0 atom stereocenters. The van der Waals surface area contributed by atoms with Crippen LogP contribution in [0, 0.1) is 0 Å². The highest BCUT2D eigenvalue weighted by molar-refractivity contribution is 7.92. The Labute approximate surface area is 147 Å². The number of aromatic hydroxyl groups is 1. The molecule has 25 heavy (non-hydrogen) atoms. The molecule has 3 rings (SSSR count). The fourth-order valence-corrected chi connectivity index (χ4v) is 3.72. The first-order valence-electron chi connectivity index (χ1n) is 6.95. The minimum Gasteiger partial charge on any atom is -0.506 e. The van der Waals surface area contributed by atoms with Gasteiger partial charge in [-0.2, -0.15) is 0 Å². The van der Waals surface area contributed by atoms with Gasteiger partial charge < -0.3 is 15.4 Å². The number of hydrogen-bond donors (Lipinski definition) is 3. The van der Waals surface area contributed by atoms with Crippen LogP contribution in [0.15, 0.2) is 41.6 Å². The summed E-state index contributed by atoms with van der Waals surface area (Å²) in [5, 5.41) is 9.42. The van der Waals surface area contributed by atoms with Crippen molar-refractivity contribution in [2.24, 2.45) is 12.8 Å². The van der Waals surface area contributed by atoms with E-state index in [-0.39, 0.29) is 21.2 Å². The van der Waals surface area contributed by atoms with Gasteiger partial charge in [-0.05, 0) is 30.3 Å². The van der Waals surface area contributed by atoms with Crippen LogP contribution in [0.3, 0.4) is 0 Å². The summed E-state index contributed by atoms with van der Waals surface area (Å²) in [4.78, 5) is 15.2. The predicted octanol–water partition coefficient (Wildman–Crippen LogP) is 1.83. The SMILES string of the molecule is Cn1cnc2cc(NS(=O)(=O)c3cc(Cl)c(O)c(C(N)=O)c3)ccc21. The Balaban J connectivity index is 2.02. The van der Waals surface area contributed by atoms with Crippen LogP contribution in [0.2, 0.25) is 5.02 Å². The molecule has 1 aromatic heterocycles. The molecule has 0 fully saturated rings. The zero-order valence-corrected chi connectivity index (χ0v) is 14.5. The van der Waals surface area contributed by atoms with E-state index >= 15 is 0 Å². The largest absolute Gasteiger partial charge is 0.506 e. The molecule has 3 aromatic rings. The fourth-order valence-electron chi connectivity index (χ4n) is 2.33. The number of carbonyl (C=O) groups excluding carboxylic acids is 1. The van der Waals surface area contributed by atoms with Crippen LogP contribution in [0.1, 0.15) is 10.4 Å². The van der Waals surface area contributed by atoms with Crippen molar-refractivity contribution >= 4 is 44.3 Å². The first-order valence-corrected chi connectivity index (χ1v) is 8.81. The van der Waals surface area contributed by atoms with Gasteiger partial charge in [0.15, 0.2) is 0 Å². The first kappa shape index (κ1) is 17.1. The summed E-state index contributed by atoms with van der Waals surface area (Å²) >= 11 is 5.79. The van der Waals surface area contributed by atoms with Gasteiger partial charge in [0.2, 0.25) is 0 Å². The average Bonchev–Trinajstić information content (AvgIpc) is 2.89. The van der Waals surface area contributed by atoms with Gasteiger partial charge in [0.25, 0.3) is 15.9 Å². The molecule has 1 heterocycles. The molecule has 130 valence electrons. The van der Waals surface area contributed by atoms with Crippen molar-refractivity contribution in [3.63, 3.8) is 0 Å². The van der Waals surface area contributed by atoms with Crippen LogP contribution in [-0.2, 0) is 17.1 Å². The number of aromatic nitrogens is 2. The molecule has 8 nitrogen and oxygen atoms in total. The predicted molar refractivity (Wildman–Crippen MR) is 93.2 cm³/mol. The number of benzene rings is 2. The van der Waals surface area contributed by atoms with Crippen molar-refractivity contribution in [1.29, 1.82) is 0 Å². The van der Waals surface area contributed by atoms with Gasteiger partial charge >= 0.3 is 0 Å². The maximum Gasteiger partial charge on any atom is 0.261 e. The maximum atomic E-state index is 12.6. The summed E-state index contributed by atoms with van der Waals surface area (Å²) in [7, 11) is -2.24. The Morgan fingerprint density at radius 1 is 1.32 bits per heavy atom. The molecule has 0 aliphatic heterocycles. The minimum absolute atomic E-state index is 0.288. The monoisotopic (exact) mass is 380 g/mol. The van der Waals surface area contributed by atoms with E-state index < -0.39 is 21.7 Å². The molecule has 2 aromatic carbocycles. The van der Waals surface area contributed by atoms with E-state index in [0.29, 0.717) is 5.52 Å². The molecular formula is C15H13ClN4O4S. The Kier molecular flexibility index (Phi) is 4.05. The number of nitrogens with zero attached hydrogens (tertiary/aromatic N) is 2. The molecule has 0 saturated carbocycles. The first-order chi connectivity index (χ1) is 11.7. The third-order valence-corrected chi connectivity index (χ3v) is 5.24. The second-order valence-corrected chi connectivity index (χ2v) is 7.42. The fraction of sp³-hybridized carbons (Fsp3) is 0.0667. The van der Waals surface area contributed by atoms with Crippen molar-refractivity contribution in [2.45, 2.75) is 4.90 Å². The van der Waals surface area contributed by atoms with Gasteiger partial charge in [0, 0.05) is 7.05 Å². The molecule has 10 heteroatoms. The summed E-state index contributed by atoms with van der Waals surface area (Å²) in [6.07, 6.45) is 1.61. The maximum absolute atomic E-state index is 12.6. The summed E-state index contributed by atoms with van der Waals surface area (Å²) in [5.41, 5.74) is 6.49. The van der Waals surface area contributed by atoms with Crippen molar-refractivity contribution in [2.75, 3.05) is 4.72 Å². The number of amides is 1. The molecule has 0 saturated heterocycles. The lowest BCUT2D eigenvalue weighted by Crippen LogP contribution is -2.16. The smallest absolute Gasteiger partial charge is 0.261 e. The lowest BCUT2D eigenvalue weighted by atomic mass is 10.2. The molecule has 0 aliphatic carbocycles. The highest BCUT2D eigenvalue weighted by Crippen LogP contribution is 2.31. The van der Waals surface area contributed by atoms with Crippen LogP contribution < -0.4 is 10.5 Å². The third kappa shape index (κ3) is 3.11. The number of aryl methyl sites for hydroxylation is 1. The number of nitrogens with two attached hydrogens (primary N) is 1. The second-order valence-electron chi connectivity index (χ2n) is 5.33. The Bertz CT molecular complexity index is 1110. The number of hydrogen-bond acceptors (Lipinski definition) is 5. The molecule has 0 spiro atoms. The van der Waals surface area contributed by atoms with E-state index in [0.717, 1.165) is 17.6 Å². The molecule has 0 unspecified atom stereocenters. The number of nitrogens with one attached hydrogen (secondary N) is 1. The molecule has 0 bridgehead atoms. The zero-order valence-electron chi connectivity index (χ0n) is 12.9. The van der Waals surface area contributed by atoms with Gasteiger partial charge in [-0.3, -0.25) is 9.52 Å². The van der Waals surface area contributed by atoms with Gasteiger partial charge in [-0.25, -0.2) is 13.4 Å². The number of sulfonamides is 1. The summed E-state index contributed by atoms with van der Waals surface area (Å²) in [5.74, 6) is -1.56. The van der Waals surface area contributed by atoms with E-state index in [1.54, 1.807) is 29.1 Å². The van der Waals surface area contributed by atoms with Gasteiger partial charge in [-0.15, -0.1) is 0 Å². The van der Waals surface area contributed by atoms with Crippen molar-refractivity contribution in [1.82, 2.24) is 9.55 Å². The zero-order chi connectivity index (χ0) is 18.4. The highest BCUT2D eigenvalue weighted by Gasteiger charge is 2.21. The normalized spacial score (nSPS) is 11.6. The van der Waals surface area contributed by atoms with Crippen LogP contribution >= 0.6 is 11.6 Å². The van der Waals surface area contributed by atoms with Crippen molar-refractivity contribution in [3.05, 3.63) is 47.2 Å². The standard InChI is InChI=1S/C15H13ClN4O4S/c1-20-7-18-12-4-8(2-3-13(12)20)19-25(23,24)9-5-10(15(17)22)14(21)11(16)6-9/h2-7,19,21H,1H3,(H2,17,22). The second kappa shape index (κ2) is 5.94. The lowest BCUT2D eigenvalue weighted by molar-refractivity contribution is 0.0997. The Morgan fingerprint density at radius 2 is 2.04 bits per heavy atom. The minimum atomic E-state index is -4.06. The van der Waals surface area contributed by atoms with E-state index in [4.69, 9.17) is 17.3 Å². The molecule has 1 amide bonds. The molecule has 4 N–H and O–H groups in total. The number of imidazole rings is 1. The highest BCUT2D eigenvalue weighted by atomic mass is 35.5. The number of primary amides is 1. The number of rotatable bonds is 4. The summed E-state index contributed by atoms with van der Waals surface area (Å²) in [6, 6.07) is 6.87. The third-order valence-electron chi connectivity index (χ3n) is 3.59. The molecular weight excluding hydrogens is 368 g/mol. The van der Waals surface area contributed by atoms with Crippen LogP contribution in [0.4, 0.5) is 5.69 Å². The number of anilines is 1. The topological polar surface area (TPSA) is 127 Å². The van der Waals surface area contributed by atoms with E-state index in [1.165, 1.54) is 0 Å². The number of fused-ring (bicyclic) bond motifs is 1. The average molecular weight is 381 g/mol. The molecule has 0 radical (unpaired) electrons. The number of phenols is 1. The Hall–Kier alpha value is -2.78. The van der Waals surface area contributed by atoms with Crippen LogP contribution in [-0.4, -0.2) is 29.0 Å². The van der Waals surface area contributed by atoms with E-state index in [1.807, 2.05) is 7.05 Å². The van der Waals surface area contributed by atoms with E-state index in [2.05, 4.69) is 9.71 Å². The summed E-state index contributed by atoms with van der Waals surface area (Å²) < 4.78 is 29.3. The van der Waals surface area contributed by atoms with Gasteiger partial charge in [0.05, 0.1) is 38.5 Å². The van der Waals surface area contributed by atoms with Crippen LogP contribution in [0.25, 0.3) is 11.0 Å². The van der Waals surface area contributed by atoms with Crippen molar-refractivity contribution in [3.8, 4) is 5.75 Å². The molecule has 0 aliphatic rings. The lowest BCUT2D eigenvalue weighted by Gasteiger charge is -2.11. The van der Waals surface area contributed by atoms with Gasteiger partial charge in [0.1, 0.15) is 5.75 Å². The Morgan fingerprint density at radius 3 is 2.72 bits per heavy atom.